The third-order valence-electron chi connectivity index (χ3n) is 5.10. The summed E-state index contributed by atoms with van der Waals surface area (Å²) in [6, 6.07) is 8.38. The topological polar surface area (TPSA) is 85.8 Å². The van der Waals surface area contributed by atoms with Crippen LogP contribution in [-0.4, -0.2) is 29.9 Å². The number of anilines is 1. The summed E-state index contributed by atoms with van der Waals surface area (Å²) < 4.78 is 7.69. The standard InChI is InChI=1S/C19H19N7O/c1-3-16-23-24-19(27-16)15-8-12-6-4-5-7-13(12)10-26(15)18-14-9-22-25(2)17(14)20-11-21-18/h4-7,9,11,15H,3,8,10H2,1-2H3/t15-/m0/s1. The first-order valence-corrected chi connectivity index (χ1v) is 9.03. The number of nitrogens with zero attached hydrogens (tertiary/aromatic N) is 7. The van der Waals surface area contributed by atoms with Gasteiger partial charge in [-0.1, -0.05) is 31.2 Å². The Labute approximate surface area is 155 Å². The maximum atomic E-state index is 5.93. The predicted molar refractivity (Wildman–Crippen MR) is 99.1 cm³/mol. The molecule has 0 amide bonds. The molecular formula is C19H19N7O. The van der Waals surface area contributed by atoms with Gasteiger partial charge in [0.15, 0.2) is 5.65 Å². The molecule has 8 nitrogen and oxygen atoms in total. The van der Waals surface area contributed by atoms with Gasteiger partial charge < -0.3 is 9.32 Å². The maximum Gasteiger partial charge on any atom is 0.239 e. The van der Waals surface area contributed by atoms with Crippen molar-refractivity contribution in [2.45, 2.75) is 32.4 Å². The first-order valence-electron chi connectivity index (χ1n) is 9.03. The average molecular weight is 361 g/mol. The van der Waals surface area contributed by atoms with Crippen LogP contribution in [-0.2, 0) is 26.4 Å². The highest BCUT2D eigenvalue weighted by molar-refractivity contribution is 5.87. The fraction of sp³-hybridized carbons (Fsp3) is 0.316. The van der Waals surface area contributed by atoms with Crippen LogP contribution in [0.2, 0.25) is 0 Å². The van der Waals surface area contributed by atoms with Crippen molar-refractivity contribution in [1.29, 1.82) is 0 Å². The van der Waals surface area contributed by atoms with Gasteiger partial charge in [-0.05, 0) is 11.1 Å². The fourth-order valence-electron chi connectivity index (χ4n) is 3.69. The first kappa shape index (κ1) is 15.9. The van der Waals surface area contributed by atoms with Crippen LogP contribution in [0, 0.1) is 0 Å². The van der Waals surface area contributed by atoms with Crippen molar-refractivity contribution < 1.29 is 4.42 Å². The molecule has 0 aliphatic carbocycles. The second-order valence-electron chi connectivity index (χ2n) is 6.71. The second-order valence-corrected chi connectivity index (χ2v) is 6.71. The summed E-state index contributed by atoms with van der Waals surface area (Å²) in [5, 5.41) is 13.8. The van der Waals surface area contributed by atoms with Gasteiger partial charge in [-0.2, -0.15) is 5.10 Å². The Hall–Kier alpha value is -3.29. The average Bonchev–Trinajstić information content (AvgIpc) is 3.34. The van der Waals surface area contributed by atoms with E-state index in [0.717, 1.165) is 29.7 Å². The van der Waals surface area contributed by atoms with Crippen molar-refractivity contribution in [3.05, 3.63) is 59.7 Å². The van der Waals surface area contributed by atoms with Gasteiger partial charge in [-0.15, -0.1) is 10.2 Å². The number of aromatic nitrogens is 6. The van der Waals surface area contributed by atoms with E-state index in [1.807, 2.05) is 20.2 Å². The Kier molecular flexibility index (Phi) is 3.63. The molecule has 0 bridgehead atoms. The molecule has 4 aromatic rings. The molecule has 1 aliphatic rings. The van der Waals surface area contributed by atoms with Gasteiger partial charge in [0.05, 0.1) is 11.6 Å². The van der Waals surface area contributed by atoms with E-state index in [0.29, 0.717) is 18.3 Å². The van der Waals surface area contributed by atoms with E-state index in [1.165, 1.54) is 11.1 Å². The first-order chi connectivity index (χ1) is 13.2. The molecule has 8 heteroatoms. The van der Waals surface area contributed by atoms with Crippen molar-refractivity contribution in [1.82, 2.24) is 29.9 Å². The van der Waals surface area contributed by atoms with Crippen LogP contribution in [0.5, 0.6) is 0 Å². The molecular weight excluding hydrogens is 342 g/mol. The lowest BCUT2D eigenvalue weighted by Gasteiger charge is -2.36. The van der Waals surface area contributed by atoms with Gasteiger partial charge in [-0.25, -0.2) is 9.97 Å². The van der Waals surface area contributed by atoms with Crippen molar-refractivity contribution in [3.8, 4) is 0 Å². The molecule has 0 spiro atoms. The fourth-order valence-corrected chi connectivity index (χ4v) is 3.69. The monoisotopic (exact) mass is 361 g/mol. The zero-order valence-corrected chi connectivity index (χ0v) is 15.2. The van der Waals surface area contributed by atoms with Crippen molar-refractivity contribution in [2.75, 3.05) is 4.90 Å². The summed E-state index contributed by atoms with van der Waals surface area (Å²) >= 11 is 0. The molecule has 0 unspecified atom stereocenters. The molecule has 27 heavy (non-hydrogen) atoms. The van der Waals surface area contributed by atoms with E-state index in [4.69, 9.17) is 4.42 Å². The predicted octanol–water partition coefficient (Wildman–Crippen LogP) is 2.61. The molecule has 0 radical (unpaired) electrons. The minimum Gasteiger partial charge on any atom is -0.423 e. The van der Waals surface area contributed by atoms with Gasteiger partial charge in [0.1, 0.15) is 18.2 Å². The number of hydrogen-bond donors (Lipinski definition) is 0. The minimum atomic E-state index is -0.0778. The molecule has 0 fully saturated rings. The lowest BCUT2D eigenvalue weighted by Crippen LogP contribution is -2.35. The van der Waals surface area contributed by atoms with Crippen LogP contribution in [0.25, 0.3) is 11.0 Å². The van der Waals surface area contributed by atoms with Crippen LogP contribution in [0.4, 0.5) is 5.82 Å². The van der Waals surface area contributed by atoms with Gasteiger partial charge in [0, 0.05) is 26.4 Å². The highest BCUT2D eigenvalue weighted by atomic mass is 16.4. The molecule has 1 atom stereocenters. The van der Waals surface area contributed by atoms with Gasteiger partial charge in [0.2, 0.25) is 11.8 Å². The third kappa shape index (κ3) is 2.56. The number of rotatable bonds is 3. The Morgan fingerprint density at radius 1 is 1.15 bits per heavy atom. The number of hydrogen-bond acceptors (Lipinski definition) is 7. The summed E-state index contributed by atoms with van der Waals surface area (Å²) in [5.74, 6) is 2.11. The van der Waals surface area contributed by atoms with Crippen molar-refractivity contribution in [2.24, 2.45) is 7.05 Å². The molecule has 1 aliphatic heterocycles. The maximum absolute atomic E-state index is 5.93. The van der Waals surface area contributed by atoms with Gasteiger partial charge in [0.25, 0.3) is 0 Å². The van der Waals surface area contributed by atoms with Crippen molar-refractivity contribution >= 4 is 16.9 Å². The Bertz CT molecular complexity index is 1120. The molecule has 4 heterocycles. The number of benzene rings is 1. The molecule has 136 valence electrons. The number of fused-ring (bicyclic) bond motifs is 2. The Morgan fingerprint density at radius 3 is 2.81 bits per heavy atom. The van der Waals surface area contributed by atoms with Crippen LogP contribution in [0.3, 0.4) is 0 Å². The molecule has 0 N–H and O–H groups in total. The Balaban J connectivity index is 1.66. The largest absolute Gasteiger partial charge is 0.423 e. The normalized spacial score (nSPS) is 16.7. The summed E-state index contributed by atoms with van der Waals surface area (Å²) in [4.78, 5) is 11.2. The summed E-state index contributed by atoms with van der Waals surface area (Å²) in [6.07, 6.45) is 4.90. The second kappa shape index (κ2) is 6.15. The zero-order valence-electron chi connectivity index (χ0n) is 15.2. The van der Waals surface area contributed by atoms with Crippen LogP contribution < -0.4 is 4.90 Å². The molecule has 5 rings (SSSR count). The lowest BCUT2D eigenvalue weighted by molar-refractivity contribution is 0.396. The van der Waals surface area contributed by atoms with E-state index in [-0.39, 0.29) is 6.04 Å². The summed E-state index contributed by atoms with van der Waals surface area (Å²) in [7, 11) is 1.88. The van der Waals surface area contributed by atoms with Gasteiger partial charge >= 0.3 is 0 Å². The molecule has 0 saturated heterocycles. The molecule has 3 aromatic heterocycles. The van der Waals surface area contributed by atoms with E-state index in [1.54, 1.807) is 11.0 Å². The van der Waals surface area contributed by atoms with E-state index in [9.17, 15) is 0 Å². The molecule has 0 saturated carbocycles. The number of aryl methyl sites for hydroxylation is 2. The van der Waals surface area contributed by atoms with E-state index in [2.05, 4.69) is 54.4 Å². The van der Waals surface area contributed by atoms with Crippen LogP contribution >= 0.6 is 0 Å². The highest BCUT2D eigenvalue weighted by Gasteiger charge is 2.33. The van der Waals surface area contributed by atoms with Gasteiger partial charge in [-0.3, -0.25) is 4.68 Å². The SMILES string of the molecule is CCc1nnc([C@@H]2Cc3ccccc3CN2c2ncnc3c2cnn3C)o1. The third-order valence-corrected chi connectivity index (χ3v) is 5.10. The van der Waals surface area contributed by atoms with Crippen LogP contribution in [0.15, 0.2) is 41.2 Å². The Morgan fingerprint density at radius 2 is 2.00 bits per heavy atom. The smallest absolute Gasteiger partial charge is 0.239 e. The van der Waals surface area contributed by atoms with E-state index < -0.39 is 0 Å². The quantitative estimate of drug-likeness (QED) is 0.554. The van der Waals surface area contributed by atoms with Crippen LogP contribution in [0.1, 0.15) is 35.9 Å². The lowest BCUT2D eigenvalue weighted by atomic mass is 9.93. The zero-order chi connectivity index (χ0) is 18.4. The van der Waals surface area contributed by atoms with Crippen molar-refractivity contribution in [3.63, 3.8) is 0 Å². The molecule has 1 aromatic carbocycles. The van der Waals surface area contributed by atoms with E-state index >= 15 is 0 Å². The minimum absolute atomic E-state index is 0.0778. The summed E-state index contributed by atoms with van der Waals surface area (Å²) in [6.45, 7) is 2.72. The highest BCUT2D eigenvalue weighted by Crippen LogP contribution is 2.37. The summed E-state index contributed by atoms with van der Waals surface area (Å²) in [5.41, 5.74) is 3.38.